The number of nitrogens with one attached hydrogen (secondary N) is 1. The van der Waals surface area contributed by atoms with Gasteiger partial charge in [-0.05, 0) is 62.2 Å². The van der Waals surface area contributed by atoms with Gasteiger partial charge >= 0.3 is 0 Å². The Hall–Kier alpha value is -4.16. The molecule has 0 aromatic heterocycles. The third-order valence-corrected chi connectivity index (χ3v) is 8.76. The smallest absolute Gasteiger partial charge is 0.273 e. The summed E-state index contributed by atoms with van der Waals surface area (Å²) in [6.45, 7) is 4.57. The van der Waals surface area contributed by atoms with Crippen molar-refractivity contribution >= 4 is 44.8 Å². The second-order valence-corrected chi connectivity index (χ2v) is 11.8. The second-order valence-electron chi connectivity index (χ2n) is 9.50. The van der Waals surface area contributed by atoms with Crippen LogP contribution in [0, 0.1) is 17.0 Å². The zero-order valence-corrected chi connectivity index (χ0v) is 25.3. The van der Waals surface area contributed by atoms with Crippen LogP contribution in [-0.4, -0.2) is 56.3 Å². The van der Waals surface area contributed by atoms with Crippen LogP contribution in [0.2, 0.25) is 5.02 Å². The first-order valence-electron chi connectivity index (χ1n) is 13.1. The highest BCUT2D eigenvalue weighted by Gasteiger charge is 2.33. The zero-order valence-electron chi connectivity index (χ0n) is 23.7. The quantitative estimate of drug-likeness (QED) is 0.217. The molecule has 0 aliphatic heterocycles. The van der Waals surface area contributed by atoms with Gasteiger partial charge in [-0.1, -0.05) is 42.8 Å². The summed E-state index contributed by atoms with van der Waals surface area (Å²) < 4.78 is 34.0. The standard InChI is InChI=1S/C29H33ClN4O7S/c1-5-16-31-29(36)21(3)32(18-22-8-6-7-9-26(22)30)28(35)19-33(23-11-13-24(41-4)14-12-23)42(39,40)25-15-10-20(2)27(17-25)34(37)38/h6-15,17,21H,5,16,18-19H2,1-4H3,(H,31,36)/t21-/m1/s1. The third-order valence-electron chi connectivity index (χ3n) is 6.62. The maximum absolute atomic E-state index is 14.0. The Bertz CT molecular complexity index is 1550. The first-order chi connectivity index (χ1) is 19.9. The van der Waals surface area contributed by atoms with Crippen molar-refractivity contribution in [1.82, 2.24) is 10.2 Å². The van der Waals surface area contributed by atoms with Crippen molar-refractivity contribution in [2.24, 2.45) is 0 Å². The summed E-state index contributed by atoms with van der Waals surface area (Å²) in [6, 6.07) is 15.4. The molecule has 0 aliphatic rings. The molecule has 11 nitrogen and oxygen atoms in total. The highest BCUT2D eigenvalue weighted by molar-refractivity contribution is 7.92. The average Bonchev–Trinajstić information content (AvgIpc) is 2.97. The van der Waals surface area contributed by atoms with Crippen LogP contribution in [0.4, 0.5) is 11.4 Å². The van der Waals surface area contributed by atoms with Gasteiger partial charge in [-0.2, -0.15) is 0 Å². The van der Waals surface area contributed by atoms with Crippen molar-refractivity contribution < 1.29 is 27.7 Å². The summed E-state index contributed by atoms with van der Waals surface area (Å²) in [6.07, 6.45) is 0.684. The molecule has 224 valence electrons. The van der Waals surface area contributed by atoms with Gasteiger partial charge in [0.05, 0.1) is 22.6 Å². The summed E-state index contributed by atoms with van der Waals surface area (Å²) in [4.78, 5) is 38.7. The molecule has 0 unspecified atom stereocenters. The van der Waals surface area contributed by atoms with Crippen LogP contribution in [0.5, 0.6) is 5.75 Å². The summed E-state index contributed by atoms with van der Waals surface area (Å²) >= 11 is 6.37. The van der Waals surface area contributed by atoms with Gasteiger partial charge in [0, 0.05) is 29.7 Å². The van der Waals surface area contributed by atoms with Gasteiger partial charge in [-0.15, -0.1) is 0 Å². The minimum atomic E-state index is -4.50. The van der Waals surface area contributed by atoms with Crippen LogP contribution in [0.1, 0.15) is 31.4 Å². The molecule has 1 atom stereocenters. The number of halogens is 1. The third kappa shape index (κ3) is 7.56. The first kappa shape index (κ1) is 32.4. The van der Waals surface area contributed by atoms with Crippen molar-refractivity contribution in [3.05, 3.63) is 93.0 Å². The van der Waals surface area contributed by atoms with Gasteiger partial charge in [0.25, 0.3) is 15.7 Å². The number of nitro groups is 1. The zero-order chi connectivity index (χ0) is 31.0. The van der Waals surface area contributed by atoms with Crippen LogP contribution in [0.25, 0.3) is 0 Å². The number of benzene rings is 3. The van der Waals surface area contributed by atoms with Crippen molar-refractivity contribution in [3.63, 3.8) is 0 Å². The predicted molar refractivity (Wildman–Crippen MR) is 160 cm³/mol. The number of carbonyl (C=O) groups is 2. The number of aryl methyl sites for hydroxylation is 1. The van der Waals surface area contributed by atoms with E-state index in [-0.39, 0.29) is 28.4 Å². The number of hydrogen-bond donors (Lipinski definition) is 1. The molecule has 3 rings (SSSR count). The molecule has 0 saturated heterocycles. The molecule has 0 fully saturated rings. The number of rotatable bonds is 13. The lowest BCUT2D eigenvalue weighted by molar-refractivity contribution is -0.385. The van der Waals surface area contributed by atoms with E-state index in [2.05, 4.69) is 5.32 Å². The van der Waals surface area contributed by atoms with E-state index in [0.29, 0.717) is 29.3 Å². The highest BCUT2D eigenvalue weighted by Crippen LogP contribution is 2.29. The lowest BCUT2D eigenvalue weighted by Crippen LogP contribution is -2.51. The van der Waals surface area contributed by atoms with Crippen molar-refractivity contribution in [3.8, 4) is 5.75 Å². The predicted octanol–water partition coefficient (Wildman–Crippen LogP) is 4.70. The number of ether oxygens (including phenoxy) is 1. The largest absolute Gasteiger partial charge is 0.497 e. The second kappa shape index (κ2) is 14.1. The lowest BCUT2D eigenvalue weighted by atomic mass is 10.1. The Balaban J connectivity index is 2.09. The van der Waals surface area contributed by atoms with E-state index in [9.17, 15) is 28.1 Å². The maximum atomic E-state index is 14.0. The van der Waals surface area contributed by atoms with E-state index in [1.54, 1.807) is 31.2 Å². The van der Waals surface area contributed by atoms with Gasteiger partial charge in [0.15, 0.2) is 0 Å². The molecule has 3 aromatic rings. The van der Waals surface area contributed by atoms with Crippen LogP contribution in [-0.2, 0) is 26.2 Å². The normalized spacial score (nSPS) is 11.8. The van der Waals surface area contributed by atoms with Gasteiger partial charge in [-0.3, -0.25) is 24.0 Å². The number of amides is 2. The monoisotopic (exact) mass is 616 g/mol. The average molecular weight is 617 g/mol. The molecule has 13 heteroatoms. The Morgan fingerprint density at radius 3 is 2.36 bits per heavy atom. The van der Waals surface area contributed by atoms with E-state index < -0.39 is 39.3 Å². The molecule has 0 bridgehead atoms. The molecule has 0 heterocycles. The Morgan fingerprint density at radius 2 is 1.76 bits per heavy atom. The summed E-state index contributed by atoms with van der Waals surface area (Å²) in [5.74, 6) is -0.643. The molecular weight excluding hydrogens is 584 g/mol. The fourth-order valence-electron chi connectivity index (χ4n) is 4.14. The van der Waals surface area contributed by atoms with Crippen LogP contribution < -0.4 is 14.4 Å². The van der Waals surface area contributed by atoms with Crippen LogP contribution in [0.3, 0.4) is 0 Å². The summed E-state index contributed by atoms with van der Waals surface area (Å²) in [7, 11) is -3.05. The molecule has 42 heavy (non-hydrogen) atoms. The fraction of sp³-hybridized carbons (Fsp3) is 0.310. The van der Waals surface area contributed by atoms with E-state index in [0.717, 1.165) is 10.4 Å². The number of nitrogens with zero attached hydrogens (tertiary/aromatic N) is 3. The molecule has 3 aromatic carbocycles. The summed E-state index contributed by atoms with van der Waals surface area (Å²) in [5, 5.41) is 14.7. The highest BCUT2D eigenvalue weighted by atomic mass is 35.5. The van der Waals surface area contributed by atoms with E-state index in [1.807, 2.05) is 6.92 Å². The number of anilines is 1. The molecule has 0 spiro atoms. The molecule has 0 radical (unpaired) electrons. The van der Waals surface area contributed by atoms with E-state index in [1.165, 1.54) is 55.3 Å². The number of methoxy groups -OCH3 is 1. The molecule has 1 N–H and O–H groups in total. The Kier molecular flexibility index (Phi) is 10.9. The van der Waals surface area contributed by atoms with Crippen molar-refractivity contribution in [2.75, 3.05) is 24.5 Å². The Labute approximate surface area is 250 Å². The molecule has 0 saturated carbocycles. The first-order valence-corrected chi connectivity index (χ1v) is 14.9. The summed E-state index contributed by atoms with van der Waals surface area (Å²) in [5.41, 5.74) is 0.589. The van der Waals surface area contributed by atoms with Crippen molar-refractivity contribution in [1.29, 1.82) is 0 Å². The topological polar surface area (TPSA) is 139 Å². The molecule has 2 amide bonds. The minimum absolute atomic E-state index is 0.0638. The SMILES string of the molecule is CCCNC(=O)[C@@H](C)N(Cc1ccccc1Cl)C(=O)CN(c1ccc(OC)cc1)S(=O)(=O)c1ccc(C)c([N+](=O)[O-])c1. The number of hydrogen-bond acceptors (Lipinski definition) is 7. The van der Waals surface area contributed by atoms with Gasteiger partial charge < -0.3 is 15.0 Å². The number of nitro benzene ring substituents is 1. The lowest BCUT2D eigenvalue weighted by Gasteiger charge is -2.32. The van der Waals surface area contributed by atoms with Gasteiger partial charge in [-0.25, -0.2) is 8.42 Å². The van der Waals surface area contributed by atoms with Gasteiger partial charge in [0.2, 0.25) is 11.8 Å². The van der Waals surface area contributed by atoms with Crippen LogP contribution in [0.15, 0.2) is 71.6 Å². The number of sulfonamides is 1. The van der Waals surface area contributed by atoms with E-state index in [4.69, 9.17) is 16.3 Å². The molecular formula is C29H33ClN4O7S. The minimum Gasteiger partial charge on any atom is -0.497 e. The molecule has 0 aliphatic carbocycles. The van der Waals surface area contributed by atoms with Gasteiger partial charge in [0.1, 0.15) is 18.3 Å². The van der Waals surface area contributed by atoms with Crippen LogP contribution >= 0.6 is 11.6 Å². The van der Waals surface area contributed by atoms with Crippen molar-refractivity contribution in [2.45, 2.75) is 44.7 Å². The maximum Gasteiger partial charge on any atom is 0.273 e. The Morgan fingerprint density at radius 1 is 1.10 bits per heavy atom. The van der Waals surface area contributed by atoms with E-state index >= 15 is 0 Å². The fourth-order valence-corrected chi connectivity index (χ4v) is 5.77. The number of carbonyl (C=O) groups excluding carboxylic acids is 2.